The molecule has 1 aromatic heterocycles. The van der Waals surface area contributed by atoms with E-state index in [9.17, 15) is 4.39 Å². The van der Waals surface area contributed by atoms with Crippen LogP contribution in [0.25, 0.3) is 0 Å². The molecular weight excluding hydrogens is 263 g/mol. The van der Waals surface area contributed by atoms with Crippen molar-refractivity contribution >= 4 is 0 Å². The lowest BCUT2D eigenvalue weighted by molar-refractivity contribution is 0.541. The van der Waals surface area contributed by atoms with Crippen molar-refractivity contribution in [2.75, 3.05) is 6.54 Å². The molecule has 2 aromatic rings. The van der Waals surface area contributed by atoms with Crippen LogP contribution in [-0.2, 0) is 0 Å². The molecule has 0 saturated carbocycles. The molecule has 1 unspecified atom stereocenters. The minimum atomic E-state index is -0.153. The molecule has 2 rings (SSSR count). The lowest BCUT2D eigenvalue weighted by atomic mass is 9.92. The van der Waals surface area contributed by atoms with E-state index in [4.69, 9.17) is 0 Å². The number of nitrogens with zero attached hydrogens (tertiary/aromatic N) is 1. The fourth-order valence-corrected chi connectivity index (χ4v) is 2.73. The Kier molecular flexibility index (Phi) is 5.07. The van der Waals surface area contributed by atoms with E-state index in [0.29, 0.717) is 0 Å². The topological polar surface area (TPSA) is 24.9 Å². The third kappa shape index (κ3) is 3.48. The summed E-state index contributed by atoms with van der Waals surface area (Å²) in [5, 5.41) is 3.46. The van der Waals surface area contributed by atoms with Crippen molar-refractivity contribution in [1.29, 1.82) is 0 Å². The van der Waals surface area contributed by atoms with Crippen LogP contribution in [0.3, 0.4) is 0 Å². The summed E-state index contributed by atoms with van der Waals surface area (Å²) in [6.45, 7) is 8.88. The summed E-state index contributed by atoms with van der Waals surface area (Å²) >= 11 is 0. The van der Waals surface area contributed by atoms with Crippen molar-refractivity contribution in [3.05, 3.63) is 64.2 Å². The highest BCUT2D eigenvalue weighted by Gasteiger charge is 2.21. The lowest BCUT2D eigenvalue weighted by Gasteiger charge is -2.23. The number of aryl methyl sites for hydroxylation is 3. The lowest BCUT2D eigenvalue weighted by Crippen LogP contribution is -2.26. The highest BCUT2D eigenvalue weighted by molar-refractivity contribution is 5.41. The van der Waals surface area contributed by atoms with Crippen molar-refractivity contribution in [2.45, 2.75) is 40.2 Å². The van der Waals surface area contributed by atoms with Gasteiger partial charge in [-0.25, -0.2) is 4.39 Å². The fraction of sp³-hybridized carbons (Fsp3) is 0.389. The summed E-state index contributed by atoms with van der Waals surface area (Å²) in [5.41, 5.74) is 4.81. The normalized spacial score (nSPS) is 12.4. The van der Waals surface area contributed by atoms with E-state index in [2.05, 4.69) is 17.2 Å². The van der Waals surface area contributed by atoms with E-state index in [1.165, 1.54) is 0 Å². The van der Waals surface area contributed by atoms with Gasteiger partial charge in [0.2, 0.25) is 0 Å². The van der Waals surface area contributed by atoms with Gasteiger partial charge >= 0.3 is 0 Å². The molecule has 1 atom stereocenters. The van der Waals surface area contributed by atoms with Crippen LogP contribution >= 0.6 is 0 Å². The van der Waals surface area contributed by atoms with Gasteiger partial charge in [-0.3, -0.25) is 4.98 Å². The van der Waals surface area contributed by atoms with E-state index in [1.807, 2.05) is 39.1 Å². The number of hydrogen-bond donors (Lipinski definition) is 1. The summed E-state index contributed by atoms with van der Waals surface area (Å²) in [5.74, 6) is -0.149. The van der Waals surface area contributed by atoms with Crippen molar-refractivity contribution in [1.82, 2.24) is 10.3 Å². The average molecular weight is 286 g/mol. The number of halogens is 1. The molecule has 21 heavy (non-hydrogen) atoms. The third-order valence-corrected chi connectivity index (χ3v) is 3.76. The molecule has 0 aliphatic heterocycles. The van der Waals surface area contributed by atoms with Crippen LogP contribution in [0.15, 0.2) is 30.6 Å². The van der Waals surface area contributed by atoms with Gasteiger partial charge in [0.25, 0.3) is 0 Å². The molecule has 0 fully saturated rings. The summed E-state index contributed by atoms with van der Waals surface area (Å²) in [7, 11) is 0. The van der Waals surface area contributed by atoms with E-state index >= 15 is 0 Å². The van der Waals surface area contributed by atoms with Crippen LogP contribution in [0.1, 0.15) is 47.2 Å². The van der Waals surface area contributed by atoms with Gasteiger partial charge in [0.15, 0.2) is 0 Å². The Bertz CT molecular complexity index is 599. The zero-order valence-electron chi connectivity index (χ0n) is 13.2. The second kappa shape index (κ2) is 6.81. The SMILES string of the molecule is CCCNC(c1cnccc1C)c1c(C)cc(C)cc1F. The first kappa shape index (κ1) is 15.6. The van der Waals surface area contributed by atoms with Gasteiger partial charge in [-0.15, -0.1) is 0 Å². The Morgan fingerprint density at radius 1 is 1.19 bits per heavy atom. The molecule has 0 radical (unpaired) electrons. The Morgan fingerprint density at radius 2 is 1.95 bits per heavy atom. The van der Waals surface area contributed by atoms with E-state index < -0.39 is 0 Å². The minimum absolute atomic E-state index is 0.149. The maximum atomic E-state index is 14.5. The maximum Gasteiger partial charge on any atom is 0.128 e. The predicted octanol–water partition coefficient (Wildman–Crippen LogP) is 4.23. The van der Waals surface area contributed by atoms with Crippen LogP contribution in [0, 0.1) is 26.6 Å². The van der Waals surface area contributed by atoms with E-state index in [1.54, 1.807) is 12.3 Å². The zero-order valence-corrected chi connectivity index (χ0v) is 13.2. The zero-order chi connectivity index (χ0) is 15.4. The molecule has 2 nitrogen and oxygen atoms in total. The van der Waals surface area contributed by atoms with Crippen LogP contribution < -0.4 is 5.32 Å². The second-order valence-corrected chi connectivity index (χ2v) is 5.60. The average Bonchev–Trinajstić information content (AvgIpc) is 2.42. The van der Waals surface area contributed by atoms with Crippen molar-refractivity contribution in [2.24, 2.45) is 0 Å². The van der Waals surface area contributed by atoms with Gasteiger partial charge < -0.3 is 5.32 Å². The molecular formula is C18H23FN2. The molecule has 0 amide bonds. The van der Waals surface area contributed by atoms with Gasteiger partial charge in [-0.2, -0.15) is 0 Å². The van der Waals surface area contributed by atoms with Crippen molar-refractivity contribution < 1.29 is 4.39 Å². The predicted molar refractivity (Wildman–Crippen MR) is 85.0 cm³/mol. The Balaban J connectivity index is 2.54. The molecule has 1 aromatic carbocycles. The van der Waals surface area contributed by atoms with Gasteiger partial charge in [0.05, 0.1) is 6.04 Å². The monoisotopic (exact) mass is 286 g/mol. The van der Waals surface area contributed by atoms with Crippen LogP contribution in [0.2, 0.25) is 0 Å². The Labute approximate surface area is 126 Å². The molecule has 0 aliphatic rings. The molecule has 0 saturated heterocycles. The third-order valence-electron chi connectivity index (χ3n) is 3.76. The first-order chi connectivity index (χ1) is 10.0. The molecule has 0 aliphatic carbocycles. The molecule has 1 heterocycles. The molecule has 112 valence electrons. The summed E-state index contributed by atoms with van der Waals surface area (Å²) in [6.07, 6.45) is 4.61. The van der Waals surface area contributed by atoms with E-state index in [0.717, 1.165) is 40.8 Å². The van der Waals surface area contributed by atoms with Gasteiger partial charge in [-0.1, -0.05) is 13.0 Å². The molecule has 0 bridgehead atoms. The fourth-order valence-electron chi connectivity index (χ4n) is 2.73. The van der Waals surface area contributed by atoms with Crippen LogP contribution in [0.4, 0.5) is 4.39 Å². The largest absolute Gasteiger partial charge is 0.306 e. The van der Waals surface area contributed by atoms with Crippen molar-refractivity contribution in [3.63, 3.8) is 0 Å². The number of rotatable bonds is 5. The van der Waals surface area contributed by atoms with Crippen LogP contribution in [-0.4, -0.2) is 11.5 Å². The van der Waals surface area contributed by atoms with Gasteiger partial charge in [-0.05, 0) is 68.1 Å². The number of hydrogen-bond acceptors (Lipinski definition) is 2. The smallest absolute Gasteiger partial charge is 0.128 e. The van der Waals surface area contributed by atoms with E-state index in [-0.39, 0.29) is 11.9 Å². The number of pyridine rings is 1. The molecule has 1 N–H and O–H groups in total. The number of benzene rings is 1. The quantitative estimate of drug-likeness (QED) is 0.889. The highest BCUT2D eigenvalue weighted by Crippen LogP contribution is 2.29. The molecule has 3 heteroatoms. The Hall–Kier alpha value is -1.74. The number of nitrogens with one attached hydrogen (secondary N) is 1. The first-order valence-corrected chi connectivity index (χ1v) is 7.45. The maximum absolute atomic E-state index is 14.5. The van der Waals surface area contributed by atoms with Crippen LogP contribution in [0.5, 0.6) is 0 Å². The van der Waals surface area contributed by atoms with Gasteiger partial charge in [0.1, 0.15) is 5.82 Å². The van der Waals surface area contributed by atoms with Crippen molar-refractivity contribution in [3.8, 4) is 0 Å². The number of aromatic nitrogens is 1. The second-order valence-electron chi connectivity index (χ2n) is 5.60. The summed E-state index contributed by atoms with van der Waals surface area (Å²) in [4.78, 5) is 4.21. The summed E-state index contributed by atoms with van der Waals surface area (Å²) < 4.78 is 14.5. The van der Waals surface area contributed by atoms with Gasteiger partial charge in [0, 0.05) is 18.0 Å². The Morgan fingerprint density at radius 3 is 2.57 bits per heavy atom. The molecule has 0 spiro atoms. The first-order valence-electron chi connectivity index (χ1n) is 7.45. The standard InChI is InChI=1S/C18H23FN2/c1-5-7-21-18(15-11-20-8-6-13(15)3)17-14(4)9-12(2)10-16(17)19/h6,8-11,18,21H,5,7H2,1-4H3. The highest BCUT2D eigenvalue weighted by atomic mass is 19.1. The minimum Gasteiger partial charge on any atom is -0.306 e. The summed E-state index contributed by atoms with van der Waals surface area (Å²) in [6, 6.07) is 5.45.